The molecule has 0 aliphatic carbocycles. The van der Waals surface area contributed by atoms with E-state index in [2.05, 4.69) is 26.0 Å². The molecule has 7 heteroatoms. The lowest BCUT2D eigenvalue weighted by Crippen LogP contribution is -2.22. The lowest BCUT2D eigenvalue weighted by molar-refractivity contribution is 0.0218. The molecule has 0 spiro atoms. The number of aliphatic hydroxyl groups is 2. The fraction of sp³-hybridized carbons (Fsp3) is 0.333. The second-order valence-corrected chi connectivity index (χ2v) is 3.92. The Hall–Kier alpha value is -1.14. The lowest BCUT2D eigenvalue weighted by atomic mass is 10.0. The van der Waals surface area contributed by atoms with Crippen molar-refractivity contribution in [1.29, 1.82) is 0 Å². The SMILES string of the molecule is [N-]=[N+]=NCC(O)C(O)c1c(F)cccc1Br. The summed E-state index contributed by atoms with van der Waals surface area (Å²) in [5, 5.41) is 22.2. The van der Waals surface area contributed by atoms with Crippen LogP contribution in [-0.2, 0) is 0 Å². The van der Waals surface area contributed by atoms with Gasteiger partial charge in [0.25, 0.3) is 0 Å². The number of aliphatic hydroxyl groups excluding tert-OH is 2. The van der Waals surface area contributed by atoms with Gasteiger partial charge in [-0.3, -0.25) is 0 Å². The van der Waals surface area contributed by atoms with E-state index in [9.17, 15) is 14.6 Å². The molecule has 0 saturated carbocycles. The quantitative estimate of drug-likeness (QED) is 0.506. The minimum Gasteiger partial charge on any atom is -0.390 e. The van der Waals surface area contributed by atoms with Crippen LogP contribution in [0.15, 0.2) is 27.8 Å². The van der Waals surface area contributed by atoms with Crippen LogP contribution in [0.4, 0.5) is 4.39 Å². The Morgan fingerprint density at radius 3 is 2.75 bits per heavy atom. The molecule has 0 saturated heterocycles. The van der Waals surface area contributed by atoms with Crippen molar-refractivity contribution in [2.75, 3.05) is 6.54 Å². The highest BCUT2D eigenvalue weighted by Crippen LogP contribution is 2.28. The zero-order valence-corrected chi connectivity index (χ0v) is 9.67. The van der Waals surface area contributed by atoms with Gasteiger partial charge in [-0.2, -0.15) is 0 Å². The molecule has 0 fully saturated rings. The number of azide groups is 1. The largest absolute Gasteiger partial charge is 0.390 e. The van der Waals surface area contributed by atoms with E-state index >= 15 is 0 Å². The van der Waals surface area contributed by atoms with Gasteiger partial charge in [-0.05, 0) is 17.7 Å². The van der Waals surface area contributed by atoms with Crippen molar-refractivity contribution in [2.45, 2.75) is 12.2 Å². The molecule has 0 aromatic heterocycles. The second kappa shape index (κ2) is 5.81. The van der Waals surface area contributed by atoms with E-state index in [4.69, 9.17) is 5.53 Å². The molecule has 2 N–H and O–H groups in total. The molecule has 5 nitrogen and oxygen atoms in total. The Balaban J connectivity index is 2.95. The average molecular weight is 290 g/mol. The number of benzene rings is 1. The lowest BCUT2D eigenvalue weighted by Gasteiger charge is -2.18. The van der Waals surface area contributed by atoms with Crippen LogP contribution in [0, 0.1) is 5.82 Å². The van der Waals surface area contributed by atoms with Gasteiger partial charge in [0, 0.05) is 14.9 Å². The fourth-order valence-corrected chi connectivity index (χ4v) is 1.78. The van der Waals surface area contributed by atoms with Crippen molar-refractivity contribution in [2.24, 2.45) is 5.11 Å². The monoisotopic (exact) mass is 289 g/mol. The van der Waals surface area contributed by atoms with E-state index in [1.165, 1.54) is 12.1 Å². The van der Waals surface area contributed by atoms with Crippen molar-refractivity contribution in [3.63, 3.8) is 0 Å². The van der Waals surface area contributed by atoms with Crippen molar-refractivity contribution in [3.8, 4) is 0 Å². The molecule has 86 valence electrons. The summed E-state index contributed by atoms with van der Waals surface area (Å²) in [5.41, 5.74) is 8.01. The first-order chi connectivity index (χ1) is 7.57. The van der Waals surface area contributed by atoms with E-state index in [0.717, 1.165) is 0 Å². The third-order valence-corrected chi connectivity index (χ3v) is 2.68. The summed E-state index contributed by atoms with van der Waals surface area (Å²) in [4.78, 5) is 2.45. The predicted octanol–water partition coefficient (Wildman–Crippen LogP) is 2.29. The third kappa shape index (κ3) is 2.93. The topological polar surface area (TPSA) is 89.2 Å². The molecule has 0 amide bonds. The molecule has 0 bridgehead atoms. The highest BCUT2D eigenvalue weighted by Gasteiger charge is 2.23. The molecule has 0 aliphatic heterocycles. The zero-order valence-electron chi connectivity index (χ0n) is 8.09. The van der Waals surface area contributed by atoms with Crippen LogP contribution in [0.2, 0.25) is 0 Å². The molecule has 0 radical (unpaired) electrons. The molecule has 1 rings (SSSR count). The minimum atomic E-state index is -1.44. The van der Waals surface area contributed by atoms with Crippen LogP contribution in [0.25, 0.3) is 10.4 Å². The van der Waals surface area contributed by atoms with Gasteiger partial charge in [0.05, 0.1) is 12.6 Å². The summed E-state index contributed by atoms with van der Waals surface area (Å²) in [7, 11) is 0. The number of nitrogens with zero attached hydrogens (tertiary/aromatic N) is 3. The average Bonchev–Trinajstić information content (AvgIpc) is 2.25. The highest BCUT2D eigenvalue weighted by molar-refractivity contribution is 9.10. The van der Waals surface area contributed by atoms with Crippen molar-refractivity contribution in [1.82, 2.24) is 0 Å². The minimum absolute atomic E-state index is 0.0526. The Bertz CT molecular complexity index is 403. The Labute approximate surface area is 99.3 Å². The first-order valence-corrected chi connectivity index (χ1v) is 5.18. The van der Waals surface area contributed by atoms with Crippen LogP contribution >= 0.6 is 15.9 Å². The summed E-state index contributed by atoms with van der Waals surface area (Å²) in [5.74, 6) is -0.637. The Morgan fingerprint density at radius 2 is 2.19 bits per heavy atom. The van der Waals surface area contributed by atoms with Crippen LogP contribution in [0.5, 0.6) is 0 Å². The van der Waals surface area contributed by atoms with Gasteiger partial charge in [0.15, 0.2) is 0 Å². The smallest absolute Gasteiger partial charge is 0.130 e. The predicted molar refractivity (Wildman–Crippen MR) is 59.1 cm³/mol. The van der Waals surface area contributed by atoms with Crippen LogP contribution in [0.3, 0.4) is 0 Å². The van der Waals surface area contributed by atoms with Crippen molar-refractivity contribution >= 4 is 15.9 Å². The third-order valence-electron chi connectivity index (χ3n) is 1.99. The number of hydrogen-bond acceptors (Lipinski definition) is 3. The van der Waals surface area contributed by atoms with E-state index in [0.29, 0.717) is 4.47 Å². The first-order valence-electron chi connectivity index (χ1n) is 4.38. The molecule has 16 heavy (non-hydrogen) atoms. The van der Waals surface area contributed by atoms with Gasteiger partial charge in [-0.25, -0.2) is 4.39 Å². The van der Waals surface area contributed by atoms with Crippen molar-refractivity contribution < 1.29 is 14.6 Å². The molecule has 0 aliphatic rings. The maximum absolute atomic E-state index is 13.4. The van der Waals surface area contributed by atoms with Gasteiger partial charge >= 0.3 is 0 Å². The molecule has 1 aromatic rings. The Kier molecular flexibility index (Phi) is 4.70. The highest BCUT2D eigenvalue weighted by atomic mass is 79.9. The zero-order chi connectivity index (χ0) is 12.1. The summed E-state index contributed by atoms with van der Waals surface area (Å²) < 4.78 is 13.7. The molecule has 2 unspecified atom stereocenters. The van der Waals surface area contributed by atoms with Gasteiger partial charge in [0.2, 0.25) is 0 Å². The molecule has 2 atom stereocenters. The fourth-order valence-electron chi connectivity index (χ4n) is 1.21. The maximum Gasteiger partial charge on any atom is 0.130 e. The molecule has 1 aromatic carbocycles. The van der Waals surface area contributed by atoms with E-state index in [1.807, 2.05) is 0 Å². The normalized spacial score (nSPS) is 14.0. The summed E-state index contributed by atoms with van der Waals surface area (Å²) >= 11 is 3.07. The maximum atomic E-state index is 13.4. The first kappa shape index (κ1) is 12.9. The van der Waals surface area contributed by atoms with Crippen molar-refractivity contribution in [3.05, 3.63) is 44.5 Å². The summed E-state index contributed by atoms with van der Waals surface area (Å²) in [6.07, 6.45) is -2.79. The standard InChI is InChI=1S/C9H9BrFN3O2/c10-5-2-1-3-6(11)8(5)9(16)7(15)4-13-14-12/h1-3,7,9,15-16H,4H2. The van der Waals surface area contributed by atoms with Gasteiger partial charge in [-0.1, -0.05) is 27.1 Å². The Morgan fingerprint density at radius 1 is 1.50 bits per heavy atom. The molecule has 0 heterocycles. The van der Waals surface area contributed by atoms with E-state index < -0.39 is 18.0 Å². The number of rotatable bonds is 4. The second-order valence-electron chi connectivity index (χ2n) is 3.06. The molecular formula is C9H9BrFN3O2. The number of hydrogen-bond donors (Lipinski definition) is 2. The van der Waals surface area contributed by atoms with E-state index in [1.54, 1.807) is 6.07 Å². The van der Waals surface area contributed by atoms with Gasteiger partial charge < -0.3 is 10.2 Å². The summed E-state index contributed by atoms with van der Waals surface area (Å²) in [6.45, 7) is -0.321. The van der Waals surface area contributed by atoms with Crippen LogP contribution < -0.4 is 0 Å². The number of halogens is 2. The molecular weight excluding hydrogens is 281 g/mol. The van der Waals surface area contributed by atoms with E-state index in [-0.39, 0.29) is 12.1 Å². The van der Waals surface area contributed by atoms with Gasteiger partial charge in [-0.15, -0.1) is 0 Å². The van der Waals surface area contributed by atoms with Crippen LogP contribution in [0.1, 0.15) is 11.7 Å². The summed E-state index contributed by atoms with van der Waals surface area (Å²) in [6, 6.07) is 4.18. The van der Waals surface area contributed by atoms with Crippen LogP contribution in [-0.4, -0.2) is 22.9 Å². The van der Waals surface area contributed by atoms with Gasteiger partial charge in [0.1, 0.15) is 11.9 Å².